The highest BCUT2D eigenvalue weighted by Gasteiger charge is 2.34. The molecule has 1 amide bonds. The van der Waals surface area contributed by atoms with Crippen molar-refractivity contribution in [1.29, 1.82) is 0 Å². The van der Waals surface area contributed by atoms with Gasteiger partial charge < -0.3 is 19.3 Å². The van der Waals surface area contributed by atoms with E-state index in [9.17, 15) is 4.79 Å². The minimum atomic E-state index is -0.00796. The largest absolute Gasteiger partial charge is 0.454 e. The van der Waals surface area contributed by atoms with E-state index in [1.807, 2.05) is 19.0 Å². The van der Waals surface area contributed by atoms with E-state index < -0.39 is 0 Å². The van der Waals surface area contributed by atoms with Crippen LogP contribution in [-0.2, 0) is 0 Å². The molecule has 0 radical (unpaired) electrons. The summed E-state index contributed by atoms with van der Waals surface area (Å²) in [5, 5.41) is 0.421. The van der Waals surface area contributed by atoms with Gasteiger partial charge in [-0.05, 0) is 32.1 Å². The molecule has 1 aromatic carbocycles. The smallest absolute Gasteiger partial charge is 0.254 e. The van der Waals surface area contributed by atoms with Crippen LogP contribution in [0, 0.1) is 5.92 Å². The van der Waals surface area contributed by atoms with Crippen molar-refractivity contribution in [2.75, 3.05) is 34.0 Å². The molecular formula is C15H19ClN2O3. The second-order valence-electron chi connectivity index (χ2n) is 5.91. The molecule has 0 spiro atoms. The van der Waals surface area contributed by atoms with E-state index in [0.717, 1.165) is 13.1 Å². The number of likely N-dealkylation sites (N-methyl/N-ethyl adjacent to an activating group) is 1. The monoisotopic (exact) mass is 310 g/mol. The lowest BCUT2D eigenvalue weighted by Gasteiger charge is -2.22. The molecular weight excluding hydrogens is 292 g/mol. The third kappa shape index (κ3) is 2.56. The summed E-state index contributed by atoms with van der Waals surface area (Å²) in [6.07, 6.45) is 0. The first kappa shape index (κ1) is 14.5. The molecule has 2 heterocycles. The normalized spacial score (nSPS) is 24.0. The van der Waals surface area contributed by atoms with Crippen molar-refractivity contribution in [3.8, 4) is 11.5 Å². The van der Waals surface area contributed by atoms with E-state index in [-0.39, 0.29) is 12.7 Å². The first-order valence-electron chi connectivity index (χ1n) is 7.02. The predicted octanol–water partition coefficient (Wildman–Crippen LogP) is 2.09. The van der Waals surface area contributed by atoms with Gasteiger partial charge in [-0.1, -0.05) is 18.5 Å². The van der Waals surface area contributed by atoms with E-state index in [2.05, 4.69) is 11.8 Å². The van der Waals surface area contributed by atoms with Crippen LogP contribution in [-0.4, -0.2) is 55.7 Å². The van der Waals surface area contributed by atoms with E-state index in [0.29, 0.717) is 34.0 Å². The molecule has 0 aromatic heterocycles. The number of likely N-dealkylation sites (tertiary alicyclic amines) is 1. The average Bonchev–Trinajstić information content (AvgIpc) is 3.04. The van der Waals surface area contributed by atoms with Gasteiger partial charge in [-0.15, -0.1) is 0 Å². The number of rotatable bonds is 2. The number of hydrogen-bond donors (Lipinski definition) is 0. The lowest BCUT2D eigenvalue weighted by atomic mass is 10.1. The Hall–Kier alpha value is -1.46. The van der Waals surface area contributed by atoms with Gasteiger partial charge in [-0.3, -0.25) is 4.79 Å². The van der Waals surface area contributed by atoms with Gasteiger partial charge in [0.2, 0.25) is 6.79 Å². The lowest BCUT2D eigenvalue weighted by Crippen LogP contribution is -2.35. The van der Waals surface area contributed by atoms with Gasteiger partial charge in [0.1, 0.15) is 0 Å². The number of amides is 1. The Labute approximate surface area is 129 Å². The third-order valence-electron chi connectivity index (χ3n) is 4.20. The molecule has 1 aromatic rings. The maximum atomic E-state index is 12.7. The Balaban J connectivity index is 1.82. The van der Waals surface area contributed by atoms with Crippen LogP contribution in [0.2, 0.25) is 5.02 Å². The standard InChI is InChI=1S/C15H19ClN2O3/c1-9-6-18(7-12(9)17(2)3)15(19)10-4-11(16)14-13(5-10)20-8-21-14/h4-5,9,12H,6-8H2,1-3H3/t9-,12-/m1/s1. The number of halogens is 1. The fourth-order valence-electron chi connectivity index (χ4n) is 3.06. The minimum absolute atomic E-state index is 0.00796. The molecule has 0 unspecified atom stereocenters. The summed E-state index contributed by atoms with van der Waals surface area (Å²) in [7, 11) is 4.10. The van der Waals surface area contributed by atoms with E-state index >= 15 is 0 Å². The molecule has 6 heteroatoms. The van der Waals surface area contributed by atoms with Crippen molar-refractivity contribution in [3.63, 3.8) is 0 Å². The Morgan fingerprint density at radius 1 is 1.33 bits per heavy atom. The van der Waals surface area contributed by atoms with Crippen LogP contribution < -0.4 is 9.47 Å². The van der Waals surface area contributed by atoms with Crippen molar-refractivity contribution in [3.05, 3.63) is 22.7 Å². The molecule has 2 atom stereocenters. The van der Waals surface area contributed by atoms with E-state index in [4.69, 9.17) is 21.1 Å². The molecule has 0 aliphatic carbocycles. The van der Waals surface area contributed by atoms with Gasteiger partial charge in [0.05, 0.1) is 5.02 Å². The van der Waals surface area contributed by atoms with Gasteiger partial charge in [0.15, 0.2) is 11.5 Å². The molecule has 3 rings (SSSR count). The van der Waals surface area contributed by atoms with Gasteiger partial charge >= 0.3 is 0 Å². The second-order valence-corrected chi connectivity index (χ2v) is 6.32. The SMILES string of the molecule is C[C@@H]1CN(C(=O)c2cc(Cl)c3c(c2)OCO3)C[C@H]1N(C)C. The zero-order valence-electron chi connectivity index (χ0n) is 12.4. The molecule has 114 valence electrons. The first-order valence-corrected chi connectivity index (χ1v) is 7.40. The summed E-state index contributed by atoms with van der Waals surface area (Å²) in [4.78, 5) is 16.7. The van der Waals surface area contributed by atoms with Gasteiger partial charge in [0, 0.05) is 24.7 Å². The van der Waals surface area contributed by atoms with Gasteiger partial charge in [0.25, 0.3) is 5.91 Å². The second kappa shape index (κ2) is 5.39. The number of nitrogens with zero attached hydrogens (tertiary/aromatic N) is 2. The lowest BCUT2D eigenvalue weighted by molar-refractivity contribution is 0.0781. The molecule has 0 saturated carbocycles. The minimum Gasteiger partial charge on any atom is -0.454 e. The summed E-state index contributed by atoms with van der Waals surface area (Å²) in [5.74, 6) is 1.51. The summed E-state index contributed by atoms with van der Waals surface area (Å²) in [5.41, 5.74) is 0.552. The number of benzene rings is 1. The molecule has 2 aliphatic heterocycles. The van der Waals surface area contributed by atoms with Gasteiger partial charge in [-0.2, -0.15) is 0 Å². The quantitative estimate of drug-likeness (QED) is 0.839. The van der Waals surface area contributed by atoms with Crippen molar-refractivity contribution >= 4 is 17.5 Å². The maximum Gasteiger partial charge on any atom is 0.254 e. The predicted molar refractivity (Wildman–Crippen MR) is 80.1 cm³/mol. The van der Waals surface area contributed by atoms with Crippen LogP contribution in [0.15, 0.2) is 12.1 Å². The number of ether oxygens (including phenoxy) is 2. The number of hydrogen-bond acceptors (Lipinski definition) is 4. The molecule has 0 bridgehead atoms. The Morgan fingerprint density at radius 2 is 2.10 bits per heavy atom. The van der Waals surface area contributed by atoms with Gasteiger partial charge in [-0.25, -0.2) is 0 Å². The molecule has 0 N–H and O–H groups in total. The Kier molecular flexibility index (Phi) is 3.71. The van der Waals surface area contributed by atoms with Crippen LogP contribution in [0.5, 0.6) is 11.5 Å². The number of fused-ring (bicyclic) bond motifs is 1. The van der Waals surface area contributed by atoms with Crippen molar-refractivity contribution in [2.24, 2.45) is 5.92 Å². The zero-order chi connectivity index (χ0) is 15.1. The molecule has 1 fully saturated rings. The Morgan fingerprint density at radius 3 is 2.76 bits per heavy atom. The Bertz CT molecular complexity index is 576. The van der Waals surface area contributed by atoms with Crippen LogP contribution in [0.1, 0.15) is 17.3 Å². The van der Waals surface area contributed by atoms with Crippen molar-refractivity contribution < 1.29 is 14.3 Å². The molecule has 2 aliphatic rings. The fraction of sp³-hybridized carbons (Fsp3) is 0.533. The highest BCUT2D eigenvalue weighted by molar-refractivity contribution is 6.32. The van der Waals surface area contributed by atoms with Crippen molar-refractivity contribution in [1.82, 2.24) is 9.80 Å². The van der Waals surface area contributed by atoms with Crippen LogP contribution in [0.4, 0.5) is 0 Å². The third-order valence-corrected chi connectivity index (χ3v) is 4.48. The fourth-order valence-corrected chi connectivity index (χ4v) is 3.33. The number of carbonyl (C=O) groups is 1. The first-order chi connectivity index (χ1) is 9.97. The van der Waals surface area contributed by atoms with Crippen LogP contribution in [0.25, 0.3) is 0 Å². The van der Waals surface area contributed by atoms with Crippen molar-refractivity contribution in [2.45, 2.75) is 13.0 Å². The summed E-state index contributed by atoms with van der Waals surface area (Å²) >= 11 is 6.15. The topological polar surface area (TPSA) is 42.0 Å². The summed E-state index contributed by atoms with van der Waals surface area (Å²) in [6, 6.07) is 3.76. The van der Waals surface area contributed by atoms with Crippen LogP contribution in [0.3, 0.4) is 0 Å². The molecule has 5 nitrogen and oxygen atoms in total. The van der Waals surface area contributed by atoms with E-state index in [1.54, 1.807) is 12.1 Å². The van der Waals surface area contributed by atoms with E-state index in [1.165, 1.54) is 0 Å². The van der Waals surface area contributed by atoms with Crippen LogP contribution >= 0.6 is 11.6 Å². The summed E-state index contributed by atoms with van der Waals surface area (Å²) in [6.45, 7) is 3.81. The maximum absolute atomic E-state index is 12.7. The highest BCUT2D eigenvalue weighted by atomic mass is 35.5. The highest BCUT2D eigenvalue weighted by Crippen LogP contribution is 2.40. The number of carbonyl (C=O) groups excluding carboxylic acids is 1. The molecule has 1 saturated heterocycles. The average molecular weight is 311 g/mol. The molecule has 21 heavy (non-hydrogen) atoms. The zero-order valence-corrected chi connectivity index (χ0v) is 13.2. The summed E-state index contributed by atoms with van der Waals surface area (Å²) < 4.78 is 10.6.